The number of carbonyl (C=O) groups is 1. The highest BCUT2D eigenvalue weighted by molar-refractivity contribution is 8.27. The molecule has 0 aromatic carbocycles. The van der Waals surface area contributed by atoms with Gasteiger partial charge in [-0.15, -0.1) is 0 Å². The molecule has 0 fully saturated rings. The Balaban J connectivity index is 2.34. The smallest absolute Gasteiger partial charge is 0.408 e. The van der Waals surface area contributed by atoms with Gasteiger partial charge in [0.05, 0.1) is 12.6 Å². The van der Waals surface area contributed by atoms with Gasteiger partial charge in [0, 0.05) is 17.1 Å². The van der Waals surface area contributed by atoms with Gasteiger partial charge in [0.1, 0.15) is 5.60 Å². The summed E-state index contributed by atoms with van der Waals surface area (Å²) in [6, 6.07) is -0.164. The van der Waals surface area contributed by atoms with Crippen molar-refractivity contribution in [2.45, 2.75) is 38.8 Å². The minimum Gasteiger partial charge on any atom is -0.444 e. The standard InChI is InChI=1S/C11H19NO5S2/c1-11(2,3)17-10(13)12-9-5-4-8(6-9)7-16-19(14,15)18/h4-5,8-9H,6-7H2,1-3H3,(H,12,13)(H,14,15,18)/t8-,9+/m1/s1. The van der Waals surface area contributed by atoms with E-state index in [0.717, 1.165) is 0 Å². The fourth-order valence-corrected chi connectivity index (χ4v) is 2.15. The minimum absolute atomic E-state index is 0.0455. The molecule has 0 spiro atoms. The van der Waals surface area contributed by atoms with Crippen LogP contribution in [0.2, 0.25) is 0 Å². The Labute approximate surface area is 118 Å². The second-order valence-electron chi connectivity index (χ2n) is 5.35. The quantitative estimate of drug-likeness (QED) is 0.767. The number of hydrogen-bond acceptors (Lipinski definition) is 5. The van der Waals surface area contributed by atoms with Gasteiger partial charge in [-0.3, -0.25) is 8.74 Å². The Hall–Kier alpha value is -0.700. The lowest BCUT2D eigenvalue weighted by Crippen LogP contribution is -2.37. The highest BCUT2D eigenvalue weighted by Crippen LogP contribution is 2.19. The predicted octanol–water partition coefficient (Wildman–Crippen LogP) is 1.61. The summed E-state index contributed by atoms with van der Waals surface area (Å²) in [5, 5.41) is 2.70. The molecule has 0 bridgehead atoms. The number of hydrogen-bond donors (Lipinski definition) is 2. The van der Waals surface area contributed by atoms with Crippen LogP contribution in [0.1, 0.15) is 27.2 Å². The van der Waals surface area contributed by atoms with E-state index in [4.69, 9.17) is 9.29 Å². The summed E-state index contributed by atoms with van der Waals surface area (Å²) in [5.74, 6) is -0.0455. The van der Waals surface area contributed by atoms with Crippen LogP contribution in [0, 0.1) is 5.92 Å². The molecule has 110 valence electrons. The molecule has 19 heavy (non-hydrogen) atoms. The van der Waals surface area contributed by atoms with E-state index in [1.54, 1.807) is 26.8 Å². The van der Waals surface area contributed by atoms with E-state index in [1.165, 1.54) is 0 Å². The summed E-state index contributed by atoms with van der Waals surface area (Å²) in [6.45, 7) is 5.42. The number of amides is 1. The van der Waals surface area contributed by atoms with Gasteiger partial charge in [-0.1, -0.05) is 12.2 Å². The third-order valence-electron chi connectivity index (χ3n) is 2.31. The maximum Gasteiger partial charge on any atom is 0.408 e. The molecule has 1 aliphatic carbocycles. The lowest BCUT2D eigenvalue weighted by Gasteiger charge is -2.21. The van der Waals surface area contributed by atoms with Crippen molar-refractivity contribution in [2.24, 2.45) is 5.92 Å². The van der Waals surface area contributed by atoms with E-state index in [1.807, 2.05) is 6.08 Å². The Morgan fingerprint density at radius 2 is 2.16 bits per heavy atom. The highest BCUT2D eigenvalue weighted by atomic mass is 32.9. The second-order valence-corrected chi connectivity index (χ2v) is 7.70. The van der Waals surface area contributed by atoms with E-state index in [2.05, 4.69) is 20.7 Å². The second kappa shape index (κ2) is 6.17. The number of rotatable bonds is 4. The summed E-state index contributed by atoms with van der Waals surface area (Å²) >= 11 is 4.23. The van der Waals surface area contributed by atoms with Crippen LogP contribution >= 0.6 is 0 Å². The molecular formula is C11H19NO5S2. The Morgan fingerprint density at radius 1 is 1.53 bits per heavy atom. The number of carbonyl (C=O) groups excluding carboxylic acids is 1. The molecule has 1 rings (SSSR count). The molecule has 2 N–H and O–H groups in total. The van der Waals surface area contributed by atoms with E-state index < -0.39 is 20.7 Å². The predicted molar refractivity (Wildman–Crippen MR) is 74.5 cm³/mol. The molecule has 0 aliphatic heterocycles. The largest absolute Gasteiger partial charge is 0.444 e. The van der Waals surface area contributed by atoms with Crippen LogP contribution in [-0.4, -0.2) is 33.1 Å². The monoisotopic (exact) mass is 309 g/mol. The molecular weight excluding hydrogens is 290 g/mol. The van der Waals surface area contributed by atoms with Crippen molar-refractivity contribution >= 4 is 26.3 Å². The van der Waals surface area contributed by atoms with Crippen LogP contribution in [-0.2, 0) is 29.2 Å². The van der Waals surface area contributed by atoms with Gasteiger partial charge in [-0.25, -0.2) is 4.79 Å². The first-order valence-electron chi connectivity index (χ1n) is 5.85. The molecule has 0 saturated carbocycles. The van der Waals surface area contributed by atoms with Gasteiger partial charge < -0.3 is 10.1 Å². The first-order valence-corrected chi connectivity index (χ1v) is 8.21. The lowest BCUT2D eigenvalue weighted by molar-refractivity contribution is 0.0511. The van der Waals surface area contributed by atoms with Crippen LogP contribution < -0.4 is 5.32 Å². The summed E-state index contributed by atoms with van der Waals surface area (Å²) < 4.78 is 29.4. The van der Waals surface area contributed by atoms with Gasteiger partial charge in [0.2, 0.25) is 0 Å². The van der Waals surface area contributed by atoms with Crippen LogP contribution in [0.5, 0.6) is 0 Å². The molecule has 0 saturated heterocycles. The Morgan fingerprint density at radius 3 is 2.68 bits per heavy atom. The molecule has 1 unspecified atom stereocenters. The molecule has 0 aromatic heterocycles. The number of nitrogens with one attached hydrogen (secondary N) is 1. The van der Waals surface area contributed by atoms with Crippen LogP contribution in [0.4, 0.5) is 4.79 Å². The summed E-state index contributed by atoms with van der Waals surface area (Å²) in [7, 11) is -3.59. The maximum atomic E-state index is 11.5. The summed E-state index contributed by atoms with van der Waals surface area (Å²) in [4.78, 5) is 11.5. The molecule has 8 heteroatoms. The molecule has 6 nitrogen and oxygen atoms in total. The Kier molecular flexibility index (Phi) is 5.31. The molecule has 0 heterocycles. The van der Waals surface area contributed by atoms with Crippen LogP contribution in [0.15, 0.2) is 12.2 Å². The van der Waals surface area contributed by atoms with E-state index >= 15 is 0 Å². The van der Waals surface area contributed by atoms with E-state index in [0.29, 0.717) is 6.42 Å². The molecule has 1 aliphatic rings. The topological polar surface area (TPSA) is 84.9 Å². The molecule has 3 atom stereocenters. The van der Waals surface area contributed by atoms with Crippen molar-refractivity contribution in [3.63, 3.8) is 0 Å². The minimum atomic E-state index is -3.59. The van der Waals surface area contributed by atoms with Crippen molar-refractivity contribution in [3.8, 4) is 0 Å². The average molecular weight is 309 g/mol. The third kappa shape index (κ3) is 7.46. The van der Waals surface area contributed by atoms with Gasteiger partial charge in [0.15, 0.2) is 0 Å². The van der Waals surface area contributed by atoms with Crippen molar-refractivity contribution < 1.29 is 22.5 Å². The van der Waals surface area contributed by atoms with Crippen LogP contribution in [0.3, 0.4) is 0 Å². The van der Waals surface area contributed by atoms with Gasteiger partial charge in [-0.05, 0) is 27.2 Å². The van der Waals surface area contributed by atoms with Gasteiger partial charge in [0.25, 0.3) is 9.05 Å². The molecule has 0 radical (unpaired) electrons. The van der Waals surface area contributed by atoms with Gasteiger partial charge >= 0.3 is 6.09 Å². The summed E-state index contributed by atoms with van der Waals surface area (Å²) in [6.07, 6.45) is 3.73. The van der Waals surface area contributed by atoms with Crippen molar-refractivity contribution in [3.05, 3.63) is 12.2 Å². The van der Waals surface area contributed by atoms with Gasteiger partial charge in [-0.2, -0.15) is 4.21 Å². The normalized spacial score (nSPS) is 25.9. The fourth-order valence-electron chi connectivity index (χ4n) is 1.64. The van der Waals surface area contributed by atoms with Crippen LogP contribution in [0.25, 0.3) is 0 Å². The zero-order chi connectivity index (χ0) is 14.7. The van der Waals surface area contributed by atoms with E-state index in [-0.39, 0.29) is 18.6 Å². The molecule has 0 aromatic rings. The zero-order valence-corrected chi connectivity index (χ0v) is 12.8. The Bertz CT molecular complexity index is 452. The fraction of sp³-hybridized carbons (Fsp3) is 0.727. The van der Waals surface area contributed by atoms with Crippen molar-refractivity contribution in [1.29, 1.82) is 0 Å². The van der Waals surface area contributed by atoms with Crippen molar-refractivity contribution in [1.82, 2.24) is 5.32 Å². The highest BCUT2D eigenvalue weighted by Gasteiger charge is 2.24. The molecule has 1 amide bonds. The zero-order valence-electron chi connectivity index (χ0n) is 11.1. The SMILES string of the molecule is CC(C)(C)OC(=O)N[C@H]1C=C[C@@H](COS(=O)(O)=S)C1. The summed E-state index contributed by atoms with van der Waals surface area (Å²) in [5.41, 5.74) is -0.542. The maximum absolute atomic E-state index is 11.5. The first-order chi connectivity index (χ1) is 8.55. The number of ether oxygens (including phenoxy) is 1. The van der Waals surface area contributed by atoms with Crippen molar-refractivity contribution in [2.75, 3.05) is 6.61 Å². The number of alkyl carbamates (subject to hydrolysis) is 1. The first kappa shape index (κ1) is 16.4. The van der Waals surface area contributed by atoms with E-state index in [9.17, 15) is 9.00 Å². The third-order valence-corrected chi connectivity index (χ3v) is 3.03. The average Bonchev–Trinajstić information content (AvgIpc) is 2.58. The lowest BCUT2D eigenvalue weighted by atomic mass is 10.1.